The van der Waals surface area contributed by atoms with Gasteiger partial charge in [-0.05, 0) is 20.2 Å². The smallest absolute Gasteiger partial charge is 0.183 e. The van der Waals surface area contributed by atoms with Gasteiger partial charge < -0.3 is 14.5 Å². The number of ether oxygens (including phenoxy) is 1. The van der Waals surface area contributed by atoms with E-state index in [1.54, 1.807) is 12.4 Å². The molecule has 0 amide bonds. The summed E-state index contributed by atoms with van der Waals surface area (Å²) in [7, 11) is 4.02. The van der Waals surface area contributed by atoms with Gasteiger partial charge in [0.15, 0.2) is 11.5 Å². The fourth-order valence-electron chi connectivity index (χ4n) is 2.79. The first-order valence-electron chi connectivity index (χ1n) is 7.88. The van der Waals surface area contributed by atoms with Crippen LogP contribution in [0.15, 0.2) is 30.7 Å². The molecule has 2 aromatic rings. The van der Waals surface area contributed by atoms with Crippen molar-refractivity contribution in [1.82, 2.24) is 19.9 Å². The van der Waals surface area contributed by atoms with Crippen molar-refractivity contribution in [3.63, 3.8) is 0 Å². The summed E-state index contributed by atoms with van der Waals surface area (Å²) < 4.78 is 6.09. The van der Waals surface area contributed by atoms with E-state index in [2.05, 4.69) is 30.8 Å². The van der Waals surface area contributed by atoms with Crippen LogP contribution in [0.1, 0.15) is 17.8 Å². The van der Waals surface area contributed by atoms with Crippen LogP contribution in [-0.2, 0) is 6.54 Å². The Kier molecular flexibility index (Phi) is 4.87. The molecule has 0 bridgehead atoms. The van der Waals surface area contributed by atoms with Crippen molar-refractivity contribution in [2.24, 2.45) is 0 Å². The number of rotatable bonds is 5. The summed E-state index contributed by atoms with van der Waals surface area (Å²) in [5, 5.41) is 9.16. The largest absolute Gasteiger partial charge is 0.488 e. The molecule has 3 heterocycles. The van der Waals surface area contributed by atoms with E-state index < -0.39 is 0 Å². The van der Waals surface area contributed by atoms with Gasteiger partial charge in [0.1, 0.15) is 17.9 Å². The van der Waals surface area contributed by atoms with Crippen LogP contribution in [0.25, 0.3) is 0 Å². The molecule has 0 spiro atoms. The maximum Gasteiger partial charge on any atom is 0.183 e. The van der Waals surface area contributed by atoms with Gasteiger partial charge in [-0.1, -0.05) is 0 Å². The second kappa shape index (κ2) is 7.23. The standard InChI is InChI=1S/C17H20N6O/c1-22(2)11-13-9-14(3-5-19-13)24-15-4-8-23(12-15)17-16(10-18)20-6-7-21-17/h3,5-7,9,15H,4,8,11-12H2,1-2H3. The molecular weight excluding hydrogens is 304 g/mol. The highest BCUT2D eigenvalue weighted by molar-refractivity contribution is 5.50. The number of hydrogen-bond acceptors (Lipinski definition) is 7. The first-order valence-corrected chi connectivity index (χ1v) is 7.88. The number of hydrogen-bond donors (Lipinski definition) is 0. The van der Waals surface area contributed by atoms with E-state index >= 15 is 0 Å². The molecule has 0 saturated carbocycles. The Balaban J connectivity index is 1.65. The van der Waals surface area contributed by atoms with Crippen molar-refractivity contribution in [2.45, 2.75) is 19.1 Å². The number of nitriles is 1. The van der Waals surface area contributed by atoms with Crippen LogP contribution < -0.4 is 9.64 Å². The molecule has 1 aliphatic rings. The molecule has 1 fully saturated rings. The second-order valence-electron chi connectivity index (χ2n) is 6.04. The molecule has 1 saturated heterocycles. The van der Waals surface area contributed by atoms with Crippen molar-refractivity contribution < 1.29 is 4.74 Å². The van der Waals surface area contributed by atoms with Crippen LogP contribution in [0, 0.1) is 11.3 Å². The average molecular weight is 324 g/mol. The van der Waals surface area contributed by atoms with Crippen molar-refractivity contribution >= 4 is 5.82 Å². The average Bonchev–Trinajstić information content (AvgIpc) is 3.03. The molecule has 0 aromatic carbocycles. The lowest BCUT2D eigenvalue weighted by molar-refractivity contribution is 0.224. The summed E-state index contributed by atoms with van der Waals surface area (Å²) in [5.74, 6) is 1.46. The van der Waals surface area contributed by atoms with Crippen LogP contribution in [0.2, 0.25) is 0 Å². The second-order valence-corrected chi connectivity index (χ2v) is 6.04. The zero-order valence-electron chi connectivity index (χ0n) is 13.9. The minimum atomic E-state index is 0.0631. The van der Waals surface area contributed by atoms with E-state index in [1.165, 1.54) is 6.20 Å². The van der Waals surface area contributed by atoms with Gasteiger partial charge in [0.2, 0.25) is 0 Å². The Morgan fingerprint density at radius 2 is 2.12 bits per heavy atom. The molecule has 7 nitrogen and oxygen atoms in total. The van der Waals surface area contributed by atoms with Gasteiger partial charge in [-0.3, -0.25) is 4.98 Å². The third-order valence-corrected chi connectivity index (χ3v) is 3.80. The summed E-state index contributed by atoms with van der Waals surface area (Å²) in [6.45, 7) is 2.27. The zero-order chi connectivity index (χ0) is 16.9. The Morgan fingerprint density at radius 3 is 2.92 bits per heavy atom. The van der Waals surface area contributed by atoms with Crippen molar-refractivity contribution in [1.29, 1.82) is 5.26 Å². The number of nitrogens with zero attached hydrogens (tertiary/aromatic N) is 6. The fraction of sp³-hybridized carbons (Fsp3) is 0.412. The van der Waals surface area contributed by atoms with Crippen LogP contribution in [0.4, 0.5) is 5.82 Å². The van der Waals surface area contributed by atoms with E-state index in [0.29, 0.717) is 18.1 Å². The third kappa shape index (κ3) is 3.78. The van der Waals surface area contributed by atoms with Crippen molar-refractivity contribution in [2.75, 3.05) is 32.1 Å². The Bertz CT molecular complexity index is 742. The van der Waals surface area contributed by atoms with Gasteiger partial charge >= 0.3 is 0 Å². The highest BCUT2D eigenvalue weighted by Gasteiger charge is 2.27. The summed E-state index contributed by atoms with van der Waals surface area (Å²) in [6.07, 6.45) is 5.87. The summed E-state index contributed by atoms with van der Waals surface area (Å²) in [5.41, 5.74) is 1.34. The normalized spacial score (nSPS) is 17.1. The van der Waals surface area contributed by atoms with Crippen LogP contribution in [-0.4, -0.2) is 53.1 Å². The lowest BCUT2D eigenvalue weighted by Crippen LogP contribution is -2.26. The molecular formula is C17H20N6O. The first-order chi connectivity index (χ1) is 11.7. The Morgan fingerprint density at radius 1 is 1.29 bits per heavy atom. The fourth-order valence-corrected chi connectivity index (χ4v) is 2.79. The van der Waals surface area contributed by atoms with Gasteiger partial charge in [-0.2, -0.15) is 5.26 Å². The lowest BCUT2D eigenvalue weighted by atomic mass is 10.3. The van der Waals surface area contributed by atoms with E-state index in [9.17, 15) is 0 Å². The summed E-state index contributed by atoms with van der Waals surface area (Å²) in [4.78, 5) is 16.8. The topological polar surface area (TPSA) is 78.2 Å². The molecule has 0 aliphatic carbocycles. The van der Waals surface area contributed by atoms with Crippen LogP contribution >= 0.6 is 0 Å². The molecule has 1 unspecified atom stereocenters. The van der Waals surface area contributed by atoms with Gasteiger partial charge in [0, 0.05) is 44.2 Å². The molecule has 3 rings (SSSR count). The van der Waals surface area contributed by atoms with E-state index in [-0.39, 0.29) is 6.10 Å². The van der Waals surface area contributed by atoms with Gasteiger partial charge in [0.05, 0.1) is 12.2 Å². The van der Waals surface area contributed by atoms with Gasteiger partial charge in [-0.15, -0.1) is 0 Å². The van der Waals surface area contributed by atoms with Crippen LogP contribution in [0.3, 0.4) is 0 Å². The number of pyridine rings is 1. The van der Waals surface area contributed by atoms with Crippen LogP contribution in [0.5, 0.6) is 5.75 Å². The Hall–Kier alpha value is -2.72. The lowest BCUT2D eigenvalue weighted by Gasteiger charge is -2.18. The van der Waals surface area contributed by atoms with E-state index in [1.807, 2.05) is 26.2 Å². The molecule has 1 aliphatic heterocycles. The van der Waals surface area contributed by atoms with Gasteiger partial charge in [-0.25, -0.2) is 9.97 Å². The van der Waals surface area contributed by atoms with E-state index in [0.717, 1.165) is 31.0 Å². The number of anilines is 1. The zero-order valence-corrected chi connectivity index (χ0v) is 13.9. The quantitative estimate of drug-likeness (QED) is 0.824. The van der Waals surface area contributed by atoms with Crippen molar-refractivity contribution in [3.8, 4) is 11.8 Å². The highest BCUT2D eigenvalue weighted by atomic mass is 16.5. The molecule has 24 heavy (non-hydrogen) atoms. The van der Waals surface area contributed by atoms with Gasteiger partial charge in [0.25, 0.3) is 0 Å². The number of aromatic nitrogens is 3. The molecule has 2 aromatic heterocycles. The first kappa shape index (κ1) is 16.1. The molecule has 0 N–H and O–H groups in total. The summed E-state index contributed by atoms with van der Waals surface area (Å²) in [6, 6.07) is 5.95. The summed E-state index contributed by atoms with van der Waals surface area (Å²) >= 11 is 0. The Labute approximate surface area is 141 Å². The molecule has 124 valence electrons. The van der Waals surface area contributed by atoms with E-state index in [4.69, 9.17) is 10.00 Å². The highest BCUT2D eigenvalue weighted by Crippen LogP contribution is 2.23. The monoisotopic (exact) mass is 324 g/mol. The molecule has 0 radical (unpaired) electrons. The SMILES string of the molecule is CN(C)Cc1cc(OC2CCN(c3nccnc3C#N)C2)ccn1. The predicted molar refractivity (Wildman–Crippen MR) is 89.6 cm³/mol. The molecule has 1 atom stereocenters. The minimum absolute atomic E-state index is 0.0631. The maximum absolute atomic E-state index is 9.16. The minimum Gasteiger partial charge on any atom is -0.488 e. The molecule has 7 heteroatoms. The van der Waals surface area contributed by atoms with Crippen molar-refractivity contribution in [3.05, 3.63) is 42.1 Å². The maximum atomic E-state index is 9.16. The third-order valence-electron chi connectivity index (χ3n) is 3.80. The predicted octanol–water partition coefficient (Wildman–Crippen LogP) is 1.46.